The van der Waals surface area contributed by atoms with Crippen LogP contribution >= 0.6 is 0 Å². The lowest BCUT2D eigenvalue weighted by Gasteiger charge is -2.15. The van der Waals surface area contributed by atoms with Crippen LogP contribution in [0.25, 0.3) is 0 Å². The van der Waals surface area contributed by atoms with Gasteiger partial charge in [0.05, 0.1) is 0 Å². The number of nitrogens with zero attached hydrogens (tertiary/aromatic N) is 2. The van der Waals surface area contributed by atoms with Gasteiger partial charge in [-0.15, -0.1) is 0 Å². The maximum absolute atomic E-state index is 4.01. The smallest absolute Gasteiger partial charge is 0.0292 e. The Morgan fingerprint density at radius 2 is 2.00 bits per heavy atom. The highest BCUT2D eigenvalue weighted by Gasteiger charge is 2.02. The summed E-state index contributed by atoms with van der Waals surface area (Å²) in [4.78, 5) is 6.22. The molecule has 0 radical (unpaired) electrons. The molecular weight excluding hydrogens is 186 g/mol. The highest BCUT2D eigenvalue weighted by molar-refractivity contribution is 5.13. The first-order chi connectivity index (χ1) is 7.20. The zero-order valence-corrected chi connectivity index (χ0v) is 9.90. The van der Waals surface area contributed by atoms with E-state index in [-0.39, 0.29) is 0 Å². The third-order valence-electron chi connectivity index (χ3n) is 2.44. The third-order valence-corrected chi connectivity index (χ3v) is 2.44. The van der Waals surface area contributed by atoms with E-state index in [4.69, 9.17) is 0 Å². The van der Waals surface area contributed by atoms with Crippen molar-refractivity contribution in [3.63, 3.8) is 0 Å². The lowest BCUT2D eigenvalue weighted by molar-refractivity contribution is 0.389. The number of pyridine rings is 1. The molecular formula is C12H21N3. The fourth-order valence-electron chi connectivity index (χ4n) is 1.48. The van der Waals surface area contributed by atoms with Gasteiger partial charge < -0.3 is 10.2 Å². The first-order valence-electron chi connectivity index (χ1n) is 5.48. The summed E-state index contributed by atoms with van der Waals surface area (Å²) in [5, 5.41) is 3.50. The van der Waals surface area contributed by atoms with Crippen molar-refractivity contribution in [1.29, 1.82) is 0 Å². The van der Waals surface area contributed by atoms with Gasteiger partial charge in [0.2, 0.25) is 0 Å². The summed E-state index contributed by atoms with van der Waals surface area (Å²) in [6.07, 6.45) is 4.86. The van der Waals surface area contributed by atoms with Crippen LogP contribution in [0.2, 0.25) is 0 Å². The monoisotopic (exact) mass is 207 g/mol. The number of aromatic nitrogens is 1. The minimum absolute atomic E-state index is 0.412. The van der Waals surface area contributed by atoms with Crippen molar-refractivity contribution in [2.24, 2.45) is 0 Å². The number of hydrogen-bond acceptors (Lipinski definition) is 3. The molecule has 3 nitrogen and oxygen atoms in total. The summed E-state index contributed by atoms with van der Waals surface area (Å²) >= 11 is 0. The third kappa shape index (κ3) is 4.91. The Kier molecular flexibility index (Phi) is 5.29. The molecule has 0 aromatic carbocycles. The zero-order valence-electron chi connectivity index (χ0n) is 9.90. The van der Waals surface area contributed by atoms with Crippen molar-refractivity contribution in [3.05, 3.63) is 30.1 Å². The average Bonchev–Trinajstić information content (AvgIpc) is 2.25. The molecule has 0 aliphatic carbocycles. The minimum atomic E-state index is 0.412. The number of hydrogen-bond donors (Lipinski definition) is 1. The van der Waals surface area contributed by atoms with Crippen LogP contribution in [-0.4, -0.2) is 37.1 Å². The molecule has 1 rings (SSSR count). The second kappa shape index (κ2) is 6.53. The van der Waals surface area contributed by atoms with Crippen molar-refractivity contribution in [1.82, 2.24) is 15.2 Å². The molecule has 0 aliphatic heterocycles. The maximum Gasteiger partial charge on any atom is 0.0292 e. The maximum atomic E-state index is 4.01. The van der Waals surface area contributed by atoms with Gasteiger partial charge in [-0.25, -0.2) is 0 Å². The molecule has 1 N–H and O–H groups in total. The minimum Gasteiger partial charge on any atom is -0.310 e. The quantitative estimate of drug-likeness (QED) is 0.719. The van der Waals surface area contributed by atoms with Gasteiger partial charge in [-0.3, -0.25) is 4.98 Å². The van der Waals surface area contributed by atoms with E-state index in [2.05, 4.69) is 48.4 Å². The predicted octanol–water partition coefficient (Wildman–Crippen LogP) is 1.68. The van der Waals surface area contributed by atoms with Crippen LogP contribution in [0.5, 0.6) is 0 Å². The van der Waals surface area contributed by atoms with Gasteiger partial charge in [0.1, 0.15) is 0 Å². The SMILES string of the molecule is C[C@@H](NCCCN(C)C)c1ccncc1. The summed E-state index contributed by atoms with van der Waals surface area (Å²) in [5.41, 5.74) is 1.30. The summed E-state index contributed by atoms with van der Waals surface area (Å²) in [5.74, 6) is 0. The molecule has 1 heterocycles. The Hall–Kier alpha value is -0.930. The van der Waals surface area contributed by atoms with Crippen molar-refractivity contribution < 1.29 is 0 Å². The van der Waals surface area contributed by atoms with Crippen molar-refractivity contribution in [3.8, 4) is 0 Å². The van der Waals surface area contributed by atoms with Crippen LogP contribution in [0.4, 0.5) is 0 Å². The summed E-state index contributed by atoms with van der Waals surface area (Å²) in [6, 6.07) is 4.53. The van der Waals surface area contributed by atoms with Gasteiger partial charge in [-0.05, 0) is 58.2 Å². The molecule has 1 atom stereocenters. The average molecular weight is 207 g/mol. The van der Waals surface area contributed by atoms with Crippen LogP contribution < -0.4 is 5.32 Å². The Bertz CT molecular complexity index is 259. The van der Waals surface area contributed by atoms with Crippen LogP contribution in [0.15, 0.2) is 24.5 Å². The van der Waals surface area contributed by atoms with E-state index in [1.54, 1.807) is 0 Å². The van der Waals surface area contributed by atoms with E-state index < -0.39 is 0 Å². The largest absolute Gasteiger partial charge is 0.310 e. The molecule has 0 spiro atoms. The zero-order chi connectivity index (χ0) is 11.1. The molecule has 84 valence electrons. The lowest BCUT2D eigenvalue weighted by atomic mass is 10.1. The first kappa shape index (κ1) is 12.1. The topological polar surface area (TPSA) is 28.2 Å². The highest BCUT2D eigenvalue weighted by Crippen LogP contribution is 2.09. The Balaban J connectivity index is 2.22. The molecule has 0 fully saturated rings. The molecule has 0 saturated heterocycles. The molecule has 1 aromatic rings. The first-order valence-corrected chi connectivity index (χ1v) is 5.48. The predicted molar refractivity (Wildman–Crippen MR) is 63.8 cm³/mol. The molecule has 0 saturated carbocycles. The highest BCUT2D eigenvalue weighted by atomic mass is 15.1. The fraction of sp³-hybridized carbons (Fsp3) is 0.583. The molecule has 15 heavy (non-hydrogen) atoms. The molecule has 0 aliphatic rings. The van der Waals surface area contributed by atoms with E-state index in [0.29, 0.717) is 6.04 Å². The summed E-state index contributed by atoms with van der Waals surface area (Å²) in [6.45, 7) is 4.38. The van der Waals surface area contributed by atoms with Gasteiger partial charge in [-0.1, -0.05) is 0 Å². The van der Waals surface area contributed by atoms with E-state index in [9.17, 15) is 0 Å². The van der Waals surface area contributed by atoms with Crippen LogP contribution in [0.3, 0.4) is 0 Å². The Morgan fingerprint density at radius 1 is 1.33 bits per heavy atom. The number of nitrogens with one attached hydrogen (secondary N) is 1. The van der Waals surface area contributed by atoms with Gasteiger partial charge >= 0.3 is 0 Å². The summed E-state index contributed by atoms with van der Waals surface area (Å²) < 4.78 is 0. The Labute approximate surface area is 92.5 Å². The van der Waals surface area contributed by atoms with Crippen LogP contribution in [-0.2, 0) is 0 Å². The van der Waals surface area contributed by atoms with Crippen molar-refractivity contribution in [2.45, 2.75) is 19.4 Å². The lowest BCUT2D eigenvalue weighted by Crippen LogP contribution is -2.23. The second-order valence-electron chi connectivity index (χ2n) is 4.11. The van der Waals surface area contributed by atoms with E-state index in [1.807, 2.05) is 12.4 Å². The van der Waals surface area contributed by atoms with E-state index >= 15 is 0 Å². The van der Waals surface area contributed by atoms with E-state index in [1.165, 1.54) is 12.0 Å². The van der Waals surface area contributed by atoms with Crippen molar-refractivity contribution >= 4 is 0 Å². The fourth-order valence-corrected chi connectivity index (χ4v) is 1.48. The van der Waals surface area contributed by atoms with Crippen molar-refractivity contribution in [2.75, 3.05) is 27.2 Å². The molecule has 0 unspecified atom stereocenters. The second-order valence-corrected chi connectivity index (χ2v) is 4.11. The van der Waals surface area contributed by atoms with Crippen LogP contribution in [0, 0.1) is 0 Å². The van der Waals surface area contributed by atoms with Crippen LogP contribution in [0.1, 0.15) is 24.9 Å². The Morgan fingerprint density at radius 3 is 2.60 bits per heavy atom. The van der Waals surface area contributed by atoms with Gasteiger partial charge in [-0.2, -0.15) is 0 Å². The molecule has 0 bridgehead atoms. The van der Waals surface area contributed by atoms with E-state index in [0.717, 1.165) is 13.1 Å². The van der Waals surface area contributed by atoms with Gasteiger partial charge in [0.25, 0.3) is 0 Å². The van der Waals surface area contributed by atoms with Gasteiger partial charge in [0.15, 0.2) is 0 Å². The molecule has 0 amide bonds. The number of rotatable bonds is 6. The van der Waals surface area contributed by atoms with Gasteiger partial charge in [0, 0.05) is 18.4 Å². The standard InChI is InChI=1S/C12H21N3/c1-11(12-5-8-13-9-6-12)14-7-4-10-15(2)3/h5-6,8-9,11,14H,4,7,10H2,1-3H3/t11-/m1/s1. The molecule has 3 heteroatoms. The summed E-state index contributed by atoms with van der Waals surface area (Å²) in [7, 11) is 4.21. The normalized spacial score (nSPS) is 13.1. The molecule has 1 aromatic heterocycles.